The highest BCUT2D eigenvalue weighted by Crippen LogP contribution is 2.31. The van der Waals surface area contributed by atoms with Crippen LogP contribution in [0.3, 0.4) is 0 Å². The lowest BCUT2D eigenvalue weighted by Crippen LogP contribution is -2.29. The molecule has 0 unspecified atom stereocenters. The van der Waals surface area contributed by atoms with Crippen molar-refractivity contribution >= 4 is 24.0 Å². The first-order chi connectivity index (χ1) is 9.36. The van der Waals surface area contributed by atoms with E-state index in [0.717, 1.165) is 12.8 Å². The van der Waals surface area contributed by atoms with Gasteiger partial charge in [0.25, 0.3) is 0 Å². The number of halogens is 5. The molecule has 3 nitrogen and oxygen atoms in total. The van der Waals surface area contributed by atoms with E-state index in [-0.39, 0.29) is 19.0 Å². The van der Waals surface area contributed by atoms with E-state index in [4.69, 9.17) is 0 Å². The summed E-state index contributed by atoms with van der Waals surface area (Å²) in [4.78, 5) is 11.5. The maximum atomic E-state index is 13.4. The Bertz CT molecular complexity index is 503. The second-order valence-electron chi connectivity index (χ2n) is 4.81. The Labute approximate surface area is 125 Å². The van der Waals surface area contributed by atoms with Crippen LogP contribution >= 0.6 is 12.4 Å². The first-order valence-corrected chi connectivity index (χ1v) is 6.23. The molecule has 1 fully saturated rings. The normalized spacial score (nSPS) is 14.5. The highest BCUT2D eigenvalue weighted by atomic mass is 35.5. The number of alkyl halides is 3. The zero-order valence-corrected chi connectivity index (χ0v) is 11.8. The number of hydrogen-bond acceptors (Lipinski definition) is 2. The molecule has 0 spiro atoms. The quantitative estimate of drug-likeness (QED) is 0.816. The van der Waals surface area contributed by atoms with Crippen molar-refractivity contribution in [2.24, 2.45) is 5.92 Å². The Morgan fingerprint density at radius 1 is 1.29 bits per heavy atom. The molecule has 0 saturated heterocycles. The summed E-state index contributed by atoms with van der Waals surface area (Å²) >= 11 is 0. The molecule has 1 amide bonds. The minimum Gasteiger partial charge on any atom is -0.322 e. The van der Waals surface area contributed by atoms with Crippen molar-refractivity contribution in [3.63, 3.8) is 0 Å². The number of benzene rings is 1. The third-order valence-electron chi connectivity index (χ3n) is 2.98. The molecule has 0 heterocycles. The maximum Gasteiger partial charge on any atom is 0.416 e. The summed E-state index contributed by atoms with van der Waals surface area (Å²) < 4.78 is 50.8. The van der Waals surface area contributed by atoms with Crippen LogP contribution in [-0.2, 0) is 11.0 Å². The Balaban J connectivity index is 0.00000220. The minimum absolute atomic E-state index is 0. The second-order valence-corrected chi connectivity index (χ2v) is 4.81. The summed E-state index contributed by atoms with van der Waals surface area (Å²) in [5.74, 6) is -0.884. The molecule has 1 aromatic rings. The topological polar surface area (TPSA) is 41.1 Å². The van der Waals surface area contributed by atoms with E-state index in [2.05, 4.69) is 10.6 Å². The Morgan fingerprint density at radius 2 is 1.95 bits per heavy atom. The molecular weight excluding hydrogens is 312 g/mol. The van der Waals surface area contributed by atoms with Crippen LogP contribution in [-0.4, -0.2) is 19.0 Å². The van der Waals surface area contributed by atoms with Crippen LogP contribution in [0.25, 0.3) is 0 Å². The molecule has 1 aromatic carbocycles. The molecule has 118 valence electrons. The Hall–Kier alpha value is -1.34. The van der Waals surface area contributed by atoms with Crippen LogP contribution in [0.5, 0.6) is 0 Å². The molecule has 1 aliphatic carbocycles. The molecule has 0 atom stereocenters. The average molecular weight is 327 g/mol. The van der Waals surface area contributed by atoms with Crippen molar-refractivity contribution in [1.82, 2.24) is 5.32 Å². The van der Waals surface area contributed by atoms with E-state index < -0.39 is 29.2 Å². The van der Waals surface area contributed by atoms with Gasteiger partial charge in [-0.1, -0.05) is 0 Å². The van der Waals surface area contributed by atoms with Crippen molar-refractivity contribution in [2.75, 3.05) is 18.4 Å². The smallest absolute Gasteiger partial charge is 0.322 e. The molecular formula is C13H15ClF4N2O. The van der Waals surface area contributed by atoms with Crippen molar-refractivity contribution in [3.8, 4) is 0 Å². The van der Waals surface area contributed by atoms with Gasteiger partial charge in [0.2, 0.25) is 5.91 Å². The van der Waals surface area contributed by atoms with Crippen molar-refractivity contribution in [3.05, 3.63) is 29.6 Å². The lowest BCUT2D eigenvalue weighted by atomic mass is 10.2. The zero-order valence-electron chi connectivity index (χ0n) is 11.0. The highest BCUT2D eigenvalue weighted by Gasteiger charge is 2.31. The van der Waals surface area contributed by atoms with E-state index in [1.807, 2.05) is 0 Å². The summed E-state index contributed by atoms with van der Waals surface area (Å²) in [5.41, 5.74) is -1.46. The van der Waals surface area contributed by atoms with Crippen molar-refractivity contribution < 1.29 is 22.4 Å². The fourth-order valence-corrected chi connectivity index (χ4v) is 1.70. The largest absolute Gasteiger partial charge is 0.416 e. The number of anilines is 1. The fourth-order valence-electron chi connectivity index (χ4n) is 1.70. The molecule has 1 saturated carbocycles. The summed E-state index contributed by atoms with van der Waals surface area (Å²) in [6.07, 6.45) is -2.33. The van der Waals surface area contributed by atoms with Gasteiger partial charge >= 0.3 is 6.18 Å². The number of carbonyl (C=O) groups excluding carboxylic acids is 1. The van der Waals surface area contributed by atoms with Gasteiger partial charge < -0.3 is 10.6 Å². The van der Waals surface area contributed by atoms with Crippen LogP contribution in [0.1, 0.15) is 18.4 Å². The molecule has 0 bridgehead atoms. The molecule has 8 heteroatoms. The van der Waals surface area contributed by atoms with Gasteiger partial charge in [0.05, 0.1) is 17.8 Å². The zero-order chi connectivity index (χ0) is 14.8. The number of rotatable bonds is 5. The van der Waals surface area contributed by atoms with E-state index in [1.165, 1.54) is 0 Å². The summed E-state index contributed by atoms with van der Waals surface area (Å²) in [7, 11) is 0. The van der Waals surface area contributed by atoms with E-state index in [1.54, 1.807) is 0 Å². The van der Waals surface area contributed by atoms with Crippen LogP contribution in [0.15, 0.2) is 18.2 Å². The molecule has 0 radical (unpaired) electrons. The second kappa shape index (κ2) is 7.09. The average Bonchev–Trinajstić information content (AvgIpc) is 3.14. The van der Waals surface area contributed by atoms with Gasteiger partial charge in [0.1, 0.15) is 5.82 Å². The van der Waals surface area contributed by atoms with E-state index in [9.17, 15) is 22.4 Å². The summed E-state index contributed by atoms with van der Waals surface area (Å²) in [5, 5.41) is 5.02. The SMILES string of the molecule is Cl.O=C(CNCC1CC1)Nc1cc(C(F)(F)F)ccc1F. The predicted octanol–water partition coefficient (Wildman–Crippen LogP) is 3.20. The van der Waals surface area contributed by atoms with Gasteiger partial charge in [-0.3, -0.25) is 4.79 Å². The number of hydrogen-bond donors (Lipinski definition) is 2. The Kier molecular flexibility index (Phi) is 5.98. The predicted molar refractivity (Wildman–Crippen MR) is 72.9 cm³/mol. The summed E-state index contributed by atoms with van der Waals surface area (Å²) in [6.45, 7) is 0.644. The lowest BCUT2D eigenvalue weighted by molar-refractivity contribution is -0.137. The van der Waals surface area contributed by atoms with E-state index in [0.29, 0.717) is 30.7 Å². The molecule has 1 aliphatic rings. The van der Waals surface area contributed by atoms with Crippen LogP contribution in [0.2, 0.25) is 0 Å². The molecule has 2 N–H and O–H groups in total. The van der Waals surface area contributed by atoms with Gasteiger partial charge in [0, 0.05) is 0 Å². The van der Waals surface area contributed by atoms with Crippen molar-refractivity contribution in [2.45, 2.75) is 19.0 Å². The van der Waals surface area contributed by atoms with Gasteiger partial charge in [-0.25, -0.2) is 4.39 Å². The van der Waals surface area contributed by atoms with Crippen molar-refractivity contribution in [1.29, 1.82) is 0 Å². The number of amides is 1. The molecule has 0 aliphatic heterocycles. The van der Waals surface area contributed by atoms with Gasteiger partial charge in [-0.15, -0.1) is 12.4 Å². The van der Waals surface area contributed by atoms with Crippen LogP contribution in [0, 0.1) is 11.7 Å². The monoisotopic (exact) mass is 326 g/mol. The third kappa shape index (κ3) is 5.51. The maximum absolute atomic E-state index is 13.4. The molecule has 2 rings (SSSR count). The number of carbonyl (C=O) groups is 1. The van der Waals surface area contributed by atoms with Crippen LogP contribution in [0.4, 0.5) is 23.2 Å². The molecule has 0 aromatic heterocycles. The fraction of sp³-hybridized carbons (Fsp3) is 0.462. The highest BCUT2D eigenvalue weighted by molar-refractivity contribution is 5.92. The third-order valence-corrected chi connectivity index (χ3v) is 2.98. The number of nitrogens with one attached hydrogen (secondary N) is 2. The van der Waals surface area contributed by atoms with Gasteiger partial charge in [-0.2, -0.15) is 13.2 Å². The lowest BCUT2D eigenvalue weighted by Gasteiger charge is -2.11. The van der Waals surface area contributed by atoms with Gasteiger partial charge in [0.15, 0.2) is 0 Å². The first kappa shape index (κ1) is 17.7. The van der Waals surface area contributed by atoms with Crippen LogP contribution < -0.4 is 10.6 Å². The summed E-state index contributed by atoms with van der Waals surface area (Å²) in [6, 6.07) is 1.92. The van der Waals surface area contributed by atoms with Gasteiger partial charge in [-0.05, 0) is 43.5 Å². The Morgan fingerprint density at radius 3 is 2.52 bits per heavy atom. The first-order valence-electron chi connectivity index (χ1n) is 6.23. The van der Waals surface area contributed by atoms with E-state index >= 15 is 0 Å². The minimum atomic E-state index is -4.57. The standard InChI is InChI=1S/C13H14F4N2O.ClH/c14-10-4-3-9(13(15,16)17)5-11(10)19-12(20)7-18-6-8-1-2-8;/h3-5,8,18H,1-2,6-7H2,(H,19,20);1H. The molecule has 21 heavy (non-hydrogen) atoms.